The number of carbonyl (C=O) groups is 1. The second-order valence-electron chi connectivity index (χ2n) is 4.22. The zero-order valence-corrected chi connectivity index (χ0v) is 9.80. The minimum absolute atomic E-state index is 0.0415. The van der Waals surface area contributed by atoms with Crippen molar-refractivity contribution in [3.8, 4) is 5.75 Å². The Balaban J connectivity index is 2.93. The van der Waals surface area contributed by atoms with Crippen molar-refractivity contribution in [3.63, 3.8) is 0 Å². The number of rotatable bonds is 5. The molecule has 0 saturated heterocycles. The van der Waals surface area contributed by atoms with Gasteiger partial charge in [0.15, 0.2) is 0 Å². The summed E-state index contributed by atoms with van der Waals surface area (Å²) in [5.74, 6) is 0.596. The molecule has 0 amide bonds. The monoisotopic (exact) mass is 223 g/mol. The molecular formula is C12H17NO3. The fraction of sp³-hybridized carbons (Fsp3) is 0.500. The van der Waals surface area contributed by atoms with Crippen molar-refractivity contribution in [2.75, 3.05) is 0 Å². The van der Waals surface area contributed by atoms with E-state index in [1.54, 1.807) is 19.2 Å². The minimum atomic E-state index is -1.19. The Kier molecular flexibility index (Phi) is 4.01. The lowest BCUT2D eigenvalue weighted by Gasteiger charge is -2.21. The topological polar surface area (TPSA) is 59.4 Å². The Morgan fingerprint density at radius 3 is 2.81 bits per heavy atom. The third-order valence-corrected chi connectivity index (χ3v) is 2.19. The molecule has 1 unspecified atom stereocenters. The molecule has 1 N–H and O–H groups in total. The van der Waals surface area contributed by atoms with E-state index in [2.05, 4.69) is 4.98 Å². The van der Waals surface area contributed by atoms with Crippen LogP contribution in [0.3, 0.4) is 0 Å². The second kappa shape index (κ2) is 5.07. The number of aromatic nitrogens is 1. The van der Waals surface area contributed by atoms with Gasteiger partial charge in [0.2, 0.25) is 0 Å². The number of hydrogen-bond acceptors (Lipinski definition) is 4. The van der Waals surface area contributed by atoms with Gasteiger partial charge >= 0.3 is 0 Å². The molecule has 0 spiro atoms. The van der Waals surface area contributed by atoms with Gasteiger partial charge in [-0.2, -0.15) is 0 Å². The molecule has 1 heterocycles. The number of pyridine rings is 1. The van der Waals surface area contributed by atoms with Crippen molar-refractivity contribution in [1.29, 1.82) is 0 Å². The van der Waals surface area contributed by atoms with Gasteiger partial charge in [0.25, 0.3) is 0 Å². The molecule has 1 aromatic heterocycles. The molecule has 0 aliphatic carbocycles. The zero-order chi connectivity index (χ0) is 12.2. The fourth-order valence-electron chi connectivity index (χ4n) is 1.33. The van der Waals surface area contributed by atoms with Crippen LogP contribution in [0.5, 0.6) is 5.75 Å². The Labute approximate surface area is 95.3 Å². The molecule has 0 aliphatic rings. The summed E-state index contributed by atoms with van der Waals surface area (Å²) >= 11 is 0. The number of ether oxygens (including phenoxy) is 1. The van der Waals surface area contributed by atoms with Gasteiger partial charge in [-0.05, 0) is 26.8 Å². The average Bonchev–Trinajstić information content (AvgIpc) is 2.17. The van der Waals surface area contributed by atoms with E-state index < -0.39 is 5.60 Å². The van der Waals surface area contributed by atoms with Gasteiger partial charge in [0.1, 0.15) is 12.0 Å². The van der Waals surface area contributed by atoms with Gasteiger partial charge < -0.3 is 14.6 Å². The molecule has 0 saturated carbocycles. The van der Waals surface area contributed by atoms with Gasteiger partial charge in [0.05, 0.1) is 17.9 Å². The summed E-state index contributed by atoms with van der Waals surface area (Å²) in [5, 5.41) is 10.0. The van der Waals surface area contributed by atoms with Crippen molar-refractivity contribution in [2.45, 2.75) is 38.9 Å². The van der Waals surface area contributed by atoms with Crippen molar-refractivity contribution >= 4 is 6.29 Å². The molecule has 4 heteroatoms. The normalized spacial score (nSPS) is 14.6. The van der Waals surface area contributed by atoms with E-state index in [-0.39, 0.29) is 12.5 Å². The fourth-order valence-corrected chi connectivity index (χ4v) is 1.33. The molecule has 1 rings (SSSR count). The minimum Gasteiger partial charge on any atom is -0.489 e. The van der Waals surface area contributed by atoms with E-state index in [9.17, 15) is 9.90 Å². The van der Waals surface area contributed by atoms with Gasteiger partial charge in [0, 0.05) is 18.2 Å². The number of hydrogen-bond donors (Lipinski definition) is 1. The van der Waals surface area contributed by atoms with E-state index in [4.69, 9.17) is 4.74 Å². The van der Waals surface area contributed by atoms with Crippen LogP contribution in [0.4, 0.5) is 0 Å². The predicted octanol–water partition coefficient (Wildman–Crippen LogP) is 1.67. The first kappa shape index (κ1) is 12.6. The maximum atomic E-state index is 10.4. The van der Waals surface area contributed by atoms with E-state index >= 15 is 0 Å². The maximum absolute atomic E-state index is 10.4. The van der Waals surface area contributed by atoms with Crippen molar-refractivity contribution in [1.82, 2.24) is 4.98 Å². The molecule has 4 nitrogen and oxygen atoms in total. The van der Waals surface area contributed by atoms with Crippen LogP contribution >= 0.6 is 0 Å². The van der Waals surface area contributed by atoms with E-state index in [1.807, 2.05) is 13.8 Å². The Morgan fingerprint density at radius 2 is 2.25 bits per heavy atom. The lowest BCUT2D eigenvalue weighted by Crippen LogP contribution is -2.22. The van der Waals surface area contributed by atoms with Crippen molar-refractivity contribution in [2.24, 2.45) is 0 Å². The lowest BCUT2D eigenvalue weighted by atomic mass is 9.95. The van der Waals surface area contributed by atoms with Crippen LogP contribution in [-0.4, -0.2) is 22.5 Å². The summed E-state index contributed by atoms with van der Waals surface area (Å²) in [5.41, 5.74) is -0.608. The van der Waals surface area contributed by atoms with E-state index in [0.717, 1.165) is 0 Å². The van der Waals surface area contributed by atoms with Gasteiger partial charge in [-0.25, -0.2) is 0 Å². The van der Waals surface area contributed by atoms with Crippen LogP contribution < -0.4 is 4.74 Å². The molecule has 0 aliphatic heterocycles. The highest BCUT2D eigenvalue weighted by Gasteiger charge is 2.23. The predicted molar refractivity (Wildman–Crippen MR) is 60.3 cm³/mol. The molecule has 0 aromatic carbocycles. The highest BCUT2D eigenvalue weighted by Crippen LogP contribution is 2.25. The quantitative estimate of drug-likeness (QED) is 0.771. The smallest absolute Gasteiger partial charge is 0.138 e. The highest BCUT2D eigenvalue weighted by molar-refractivity contribution is 5.52. The molecule has 0 bridgehead atoms. The molecule has 0 fully saturated rings. The standard InChI is InChI=1S/C12H17NO3/c1-9(2)16-11-6-10(7-13-8-11)12(3,15)4-5-14/h5-9,15H,4H2,1-3H3. The third-order valence-electron chi connectivity index (χ3n) is 2.19. The summed E-state index contributed by atoms with van der Waals surface area (Å²) < 4.78 is 5.47. The van der Waals surface area contributed by atoms with Crippen molar-refractivity contribution in [3.05, 3.63) is 24.0 Å². The first-order valence-electron chi connectivity index (χ1n) is 5.24. The van der Waals surface area contributed by atoms with Gasteiger partial charge in [-0.3, -0.25) is 4.98 Å². The average molecular weight is 223 g/mol. The zero-order valence-electron chi connectivity index (χ0n) is 9.80. The summed E-state index contributed by atoms with van der Waals surface area (Å²) in [4.78, 5) is 14.4. The third kappa shape index (κ3) is 3.31. The lowest BCUT2D eigenvalue weighted by molar-refractivity contribution is -0.112. The van der Waals surface area contributed by atoms with Gasteiger partial charge in [-0.15, -0.1) is 0 Å². The number of aldehydes is 1. The summed E-state index contributed by atoms with van der Waals surface area (Å²) in [6.45, 7) is 5.41. The molecular weight excluding hydrogens is 206 g/mol. The largest absolute Gasteiger partial charge is 0.489 e. The van der Waals surface area contributed by atoms with Crippen LogP contribution in [0.2, 0.25) is 0 Å². The summed E-state index contributed by atoms with van der Waals surface area (Å²) in [6.07, 6.45) is 3.90. The highest BCUT2D eigenvalue weighted by atomic mass is 16.5. The molecule has 1 atom stereocenters. The Hall–Kier alpha value is -1.42. The molecule has 16 heavy (non-hydrogen) atoms. The van der Waals surface area contributed by atoms with Crippen LogP contribution in [-0.2, 0) is 10.4 Å². The first-order valence-corrected chi connectivity index (χ1v) is 5.24. The van der Waals surface area contributed by atoms with E-state index in [0.29, 0.717) is 17.6 Å². The molecule has 88 valence electrons. The van der Waals surface area contributed by atoms with Crippen LogP contribution in [0, 0.1) is 0 Å². The maximum Gasteiger partial charge on any atom is 0.138 e. The van der Waals surface area contributed by atoms with Crippen LogP contribution in [0.25, 0.3) is 0 Å². The number of carbonyl (C=O) groups excluding carboxylic acids is 1. The SMILES string of the molecule is CC(C)Oc1cncc(C(C)(O)CC=O)c1. The van der Waals surface area contributed by atoms with Crippen LogP contribution in [0.1, 0.15) is 32.8 Å². The molecule has 0 radical (unpaired) electrons. The van der Waals surface area contributed by atoms with Crippen LogP contribution in [0.15, 0.2) is 18.5 Å². The van der Waals surface area contributed by atoms with E-state index in [1.165, 1.54) is 6.20 Å². The molecule has 1 aromatic rings. The number of nitrogens with zero attached hydrogens (tertiary/aromatic N) is 1. The summed E-state index contributed by atoms with van der Waals surface area (Å²) in [6, 6.07) is 1.70. The Bertz CT molecular complexity index is 361. The number of aliphatic hydroxyl groups is 1. The van der Waals surface area contributed by atoms with Crippen molar-refractivity contribution < 1.29 is 14.6 Å². The second-order valence-corrected chi connectivity index (χ2v) is 4.22. The Morgan fingerprint density at radius 1 is 1.56 bits per heavy atom. The first-order chi connectivity index (χ1) is 7.45. The summed E-state index contributed by atoms with van der Waals surface area (Å²) in [7, 11) is 0. The van der Waals surface area contributed by atoms with Gasteiger partial charge in [-0.1, -0.05) is 0 Å².